The van der Waals surface area contributed by atoms with E-state index in [1.54, 1.807) is 12.3 Å². The van der Waals surface area contributed by atoms with Gasteiger partial charge in [0.05, 0.1) is 12.1 Å². The molecule has 0 aliphatic heterocycles. The van der Waals surface area contributed by atoms with Crippen molar-refractivity contribution in [1.29, 1.82) is 0 Å². The number of ether oxygens (including phenoxy) is 1. The molecule has 0 atom stereocenters. The third kappa shape index (κ3) is 3.15. The van der Waals surface area contributed by atoms with Gasteiger partial charge in [0.15, 0.2) is 0 Å². The third-order valence-corrected chi connectivity index (χ3v) is 4.46. The number of hydrogen-bond acceptors (Lipinski definition) is 5. The van der Waals surface area contributed by atoms with Crippen LogP contribution in [0.2, 0.25) is 0 Å². The second-order valence-corrected chi connectivity index (χ2v) is 6.20. The van der Waals surface area contributed by atoms with Gasteiger partial charge < -0.3 is 13.8 Å². The standard InChI is InChI=1S/C21H18FN3O3/c1-3-25-12-17(19(26)16-11-14(22)7-10-18(16)25)21-23-20(24-28-21)13-5-8-15(9-6-13)27-4-2/h5-12H,3-4H2,1-2H3. The molecule has 4 rings (SSSR count). The average molecular weight is 379 g/mol. The maximum atomic E-state index is 13.7. The largest absolute Gasteiger partial charge is 0.494 e. The molecule has 0 bridgehead atoms. The van der Waals surface area contributed by atoms with Crippen LogP contribution in [0.25, 0.3) is 33.7 Å². The van der Waals surface area contributed by atoms with Crippen molar-refractivity contribution in [2.45, 2.75) is 20.4 Å². The minimum atomic E-state index is -0.468. The fourth-order valence-corrected chi connectivity index (χ4v) is 3.10. The number of rotatable bonds is 5. The summed E-state index contributed by atoms with van der Waals surface area (Å²) < 4.78 is 26.3. The lowest BCUT2D eigenvalue weighted by Crippen LogP contribution is -2.12. The molecule has 0 N–H and O–H groups in total. The van der Waals surface area contributed by atoms with Crippen LogP contribution < -0.4 is 10.2 Å². The van der Waals surface area contributed by atoms with Gasteiger partial charge in [-0.3, -0.25) is 4.79 Å². The molecule has 0 aliphatic rings. The second kappa shape index (κ2) is 7.26. The van der Waals surface area contributed by atoms with Crippen LogP contribution in [0, 0.1) is 5.82 Å². The fraction of sp³-hybridized carbons (Fsp3) is 0.190. The molecule has 2 aromatic heterocycles. The van der Waals surface area contributed by atoms with Gasteiger partial charge in [0.25, 0.3) is 5.89 Å². The molecule has 2 heterocycles. The highest BCUT2D eigenvalue weighted by Gasteiger charge is 2.17. The van der Waals surface area contributed by atoms with Gasteiger partial charge >= 0.3 is 0 Å². The lowest BCUT2D eigenvalue weighted by atomic mass is 10.1. The minimum absolute atomic E-state index is 0.0993. The van der Waals surface area contributed by atoms with Gasteiger partial charge in [-0.25, -0.2) is 4.39 Å². The highest BCUT2D eigenvalue weighted by atomic mass is 19.1. The van der Waals surface area contributed by atoms with E-state index in [1.807, 2.05) is 42.7 Å². The fourth-order valence-electron chi connectivity index (χ4n) is 3.10. The highest BCUT2D eigenvalue weighted by Crippen LogP contribution is 2.24. The summed E-state index contributed by atoms with van der Waals surface area (Å²) in [4.78, 5) is 17.3. The average Bonchev–Trinajstić information content (AvgIpc) is 3.19. The van der Waals surface area contributed by atoms with Crippen molar-refractivity contribution in [3.05, 3.63) is 64.7 Å². The number of aryl methyl sites for hydroxylation is 1. The van der Waals surface area contributed by atoms with Gasteiger partial charge in [-0.15, -0.1) is 0 Å². The van der Waals surface area contributed by atoms with Crippen molar-refractivity contribution >= 4 is 10.9 Å². The van der Waals surface area contributed by atoms with Gasteiger partial charge in [0, 0.05) is 23.7 Å². The zero-order chi connectivity index (χ0) is 19.7. The molecule has 4 aromatic rings. The van der Waals surface area contributed by atoms with Gasteiger partial charge in [0.2, 0.25) is 11.3 Å². The second-order valence-electron chi connectivity index (χ2n) is 6.20. The topological polar surface area (TPSA) is 70.2 Å². The molecule has 0 saturated heterocycles. The van der Waals surface area contributed by atoms with Crippen molar-refractivity contribution in [3.63, 3.8) is 0 Å². The first-order valence-electron chi connectivity index (χ1n) is 9.00. The van der Waals surface area contributed by atoms with Crippen LogP contribution in [0.1, 0.15) is 13.8 Å². The Balaban J connectivity index is 1.79. The number of benzene rings is 2. The Labute approximate surface area is 160 Å². The third-order valence-electron chi connectivity index (χ3n) is 4.46. The lowest BCUT2D eigenvalue weighted by molar-refractivity contribution is 0.340. The lowest BCUT2D eigenvalue weighted by Gasteiger charge is -2.09. The molecule has 0 spiro atoms. The van der Waals surface area contributed by atoms with Crippen LogP contribution >= 0.6 is 0 Å². The number of aromatic nitrogens is 3. The molecule has 28 heavy (non-hydrogen) atoms. The van der Waals surface area contributed by atoms with Crippen molar-refractivity contribution < 1.29 is 13.7 Å². The summed E-state index contributed by atoms with van der Waals surface area (Å²) in [6.45, 7) is 5.04. The summed E-state index contributed by atoms with van der Waals surface area (Å²) in [5.41, 5.74) is 1.29. The van der Waals surface area contributed by atoms with E-state index in [2.05, 4.69) is 10.1 Å². The van der Waals surface area contributed by atoms with E-state index in [1.165, 1.54) is 12.1 Å². The molecule has 0 unspecified atom stereocenters. The molecular formula is C21H18FN3O3. The minimum Gasteiger partial charge on any atom is -0.494 e. The molecule has 0 fully saturated rings. The van der Waals surface area contributed by atoms with Gasteiger partial charge in [0.1, 0.15) is 17.1 Å². The molecule has 0 amide bonds. The van der Waals surface area contributed by atoms with Gasteiger partial charge in [-0.1, -0.05) is 5.16 Å². The van der Waals surface area contributed by atoms with Crippen molar-refractivity contribution in [2.75, 3.05) is 6.61 Å². The Morgan fingerprint density at radius 1 is 1.14 bits per heavy atom. The summed E-state index contributed by atoms with van der Waals surface area (Å²) in [6, 6.07) is 11.4. The van der Waals surface area contributed by atoms with E-state index in [4.69, 9.17) is 9.26 Å². The Bertz CT molecular complexity index is 1200. The molecule has 0 radical (unpaired) electrons. The molecule has 2 aromatic carbocycles. The summed E-state index contributed by atoms with van der Waals surface area (Å²) in [5.74, 6) is 0.740. The van der Waals surface area contributed by atoms with E-state index in [9.17, 15) is 9.18 Å². The Morgan fingerprint density at radius 3 is 2.64 bits per heavy atom. The maximum Gasteiger partial charge on any atom is 0.263 e. The first-order valence-corrected chi connectivity index (χ1v) is 9.00. The van der Waals surface area contributed by atoms with E-state index in [0.29, 0.717) is 24.5 Å². The normalized spacial score (nSPS) is 11.1. The number of pyridine rings is 1. The van der Waals surface area contributed by atoms with Crippen LogP contribution in [0.5, 0.6) is 5.75 Å². The Hall–Kier alpha value is -3.48. The maximum absolute atomic E-state index is 13.7. The van der Waals surface area contributed by atoms with Crippen molar-refractivity contribution in [2.24, 2.45) is 0 Å². The molecule has 7 heteroatoms. The SMILES string of the molecule is CCOc1ccc(-c2noc(-c3cn(CC)c4ccc(F)cc4c3=O)n2)cc1. The monoisotopic (exact) mass is 379 g/mol. The van der Waals surface area contributed by atoms with E-state index in [0.717, 1.165) is 11.3 Å². The summed E-state index contributed by atoms with van der Waals surface area (Å²) in [6.07, 6.45) is 1.66. The predicted molar refractivity (Wildman–Crippen MR) is 104 cm³/mol. The molecule has 0 saturated carbocycles. The van der Waals surface area contributed by atoms with Crippen molar-refractivity contribution in [3.8, 4) is 28.6 Å². The number of nitrogens with zero attached hydrogens (tertiary/aromatic N) is 3. The quantitative estimate of drug-likeness (QED) is 0.518. The van der Waals surface area contributed by atoms with Gasteiger partial charge in [-0.2, -0.15) is 4.98 Å². The van der Waals surface area contributed by atoms with Crippen molar-refractivity contribution in [1.82, 2.24) is 14.7 Å². The van der Waals surface area contributed by atoms with Crippen LogP contribution in [0.4, 0.5) is 4.39 Å². The van der Waals surface area contributed by atoms with Gasteiger partial charge in [-0.05, 0) is 56.3 Å². The van der Waals surface area contributed by atoms with Crippen LogP contribution in [-0.2, 0) is 6.54 Å². The first kappa shape index (κ1) is 17.9. The molecular weight excluding hydrogens is 361 g/mol. The number of hydrogen-bond donors (Lipinski definition) is 0. The molecule has 6 nitrogen and oxygen atoms in total. The van der Waals surface area contributed by atoms with E-state index < -0.39 is 5.82 Å². The summed E-state index contributed by atoms with van der Waals surface area (Å²) in [7, 11) is 0. The molecule has 142 valence electrons. The highest BCUT2D eigenvalue weighted by molar-refractivity contribution is 5.83. The van der Waals surface area contributed by atoms with Crippen LogP contribution in [0.3, 0.4) is 0 Å². The molecule has 0 aliphatic carbocycles. The summed E-state index contributed by atoms with van der Waals surface area (Å²) >= 11 is 0. The van der Waals surface area contributed by atoms with Crippen LogP contribution in [0.15, 0.2) is 58.0 Å². The number of halogens is 1. The van der Waals surface area contributed by atoms with Crippen LogP contribution in [-0.4, -0.2) is 21.3 Å². The van der Waals surface area contributed by atoms with E-state index in [-0.39, 0.29) is 22.3 Å². The summed E-state index contributed by atoms with van der Waals surface area (Å²) in [5, 5.41) is 4.26. The number of fused-ring (bicyclic) bond motifs is 1. The Morgan fingerprint density at radius 2 is 1.93 bits per heavy atom. The van der Waals surface area contributed by atoms with E-state index >= 15 is 0 Å². The smallest absolute Gasteiger partial charge is 0.263 e. The zero-order valence-corrected chi connectivity index (χ0v) is 15.5. The Kier molecular flexibility index (Phi) is 4.65. The predicted octanol–water partition coefficient (Wildman–Crippen LogP) is 4.28. The zero-order valence-electron chi connectivity index (χ0n) is 15.5. The first-order chi connectivity index (χ1) is 13.6.